The lowest BCUT2D eigenvalue weighted by Gasteiger charge is -2.44. The van der Waals surface area contributed by atoms with E-state index in [9.17, 15) is 14.0 Å². The van der Waals surface area contributed by atoms with E-state index in [0.717, 1.165) is 37.0 Å². The number of piperidine rings is 1. The molecule has 0 bridgehead atoms. The van der Waals surface area contributed by atoms with Gasteiger partial charge in [0, 0.05) is 44.7 Å². The van der Waals surface area contributed by atoms with Crippen molar-refractivity contribution in [3.8, 4) is 5.75 Å². The third-order valence-corrected chi connectivity index (χ3v) is 5.86. The summed E-state index contributed by atoms with van der Waals surface area (Å²) in [6, 6.07) is 7.95. The zero-order valence-corrected chi connectivity index (χ0v) is 16.4. The van der Waals surface area contributed by atoms with E-state index in [2.05, 4.69) is 10.3 Å². The number of halogens is 1. The number of fused-ring (bicyclic) bond motifs is 1. The monoisotopic (exact) mass is 397 g/mol. The molecule has 2 aliphatic rings. The first kappa shape index (κ1) is 19.4. The van der Waals surface area contributed by atoms with Crippen LogP contribution in [0.3, 0.4) is 0 Å². The normalized spacial score (nSPS) is 17.4. The van der Waals surface area contributed by atoms with Gasteiger partial charge in [0.25, 0.3) is 5.91 Å². The van der Waals surface area contributed by atoms with Crippen LogP contribution in [0.5, 0.6) is 5.75 Å². The highest BCUT2D eigenvalue weighted by molar-refractivity contribution is 5.94. The second kappa shape index (κ2) is 7.81. The van der Waals surface area contributed by atoms with Crippen LogP contribution >= 0.6 is 0 Å². The highest BCUT2D eigenvalue weighted by Crippen LogP contribution is 2.39. The number of aryl methyl sites for hydroxylation is 1. The first-order valence-electron chi connectivity index (χ1n) is 9.90. The lowest BCUT2D eigenvalue weighted by atomic mass is 9.83. The van der Waals surface area contributed by atoms with Crippen molar-refractivity contribution in [2.45, 2.75) is 37.7 Å². The van der Waals surface area contributed by atoms with E-state index in [0.29, 0.717) is 24.3 Å². The van der Waals surface area contributed by atoms with Crippen LogP contribution in [0.2, 0.25) is 0 Å². The molecule has 0 radical (unpaired) electrons. The van der Waals surface area contributed by atoms with Crippen molar-refractivity contribution >= 4 is 11.8 Å². The lowest BCUT2D eigenvalue weighted by molar-refractivity contribution is -0.134. The molecular formula is C22H24FN3O3. The molecule has 152 valence electrons. The van der Waals surface area contributed by atoms with Gasteiger partial charge in [-0.2, -0.15) is 0 Å². The molecule has 1 saturated heterocycles. The molecule has 7 heteroatoms. The standard InChI is InChI=1S/C22H24FN3O3/c1-24-21(28)16-5-9-25-18(13-16)14-20(27)26-10-7-22(8-11-26)6-4-15-12-17(23)2-3-19(15)29-22/h2-3,5,9,12-13H,4,6-8,10-11,14H2,1H3,(H,24,28). The van der Waals surface area contributed by atoms with Gasteiger partial charge in [0.15, 0.2) is 0 Å². The maximum atomic E-state index is 13.4. The Hall–Kier alpha value is -2.96. The summed E-state index contributed by atoms with van der Waals surface area (Å²) in [5, 5.41) is 2.57. The number of pyridine rings is 1. The third kappa shape index (κ3) is 4.09. The Morgan fingerprint density at radius 2 is 2.00 bits per heavy atom. The van der Waals surface area contributed by atoms with Gasteiger partial charge in [-0.3, -0.25) is 14.6 Å². The second-order valence-electron chi connectivity index (χ2n) is 7.71. The molecule has 0 atom stereocenters. The molecule has 2 aliphatic heterocycles. The molecule has 1 aromatic carbocycles. The molecule has 2 amide bonds. The summed E-state index contributed by atoms with van der Waals surface area (Å²) in [7, 11) is 1.57. The summed E-state index contributed by atoms with van der Waals surface area (Å²) in [4.78, 5) is 30.6. The number of ether oxygens (including phenoxy) is 1. The molecule has 1 spiro atoms. The first-order valence-corrected chi connectivity index (χ1v) is 9.90. The Labute approximate surface area is 169 Å². The molecular weight excluding hydrogens is 373 g/mol. The zero-order chi connectivity index (χ0) is 20.4. The maximum Gasteiger partial charge on any atom is 0.251 e. The van der Waals surface area contributed by atoms with Crippen LogP contribution in [0.25, 0.3) is 0 Å². The van der Waals surface area contributed by atoms with Gasteiger partial charge in [-0.25, -0.2) is 4.39 Å². The number of amides is 2. The Bertz CT molecular complexity index is 939. The topological polar surface area (TPSA) is 71.5 Å². The van der Waals surface area contributed by atoms with E-state index in [-0.39, 0.29) is 29.7 Å². The van der Waals surface area contributed by atoms with Gasteiger partial charge in [0.2, 0.25) is 5.91 Å². The molecule has 1 N–H and O–H groups in total. The predicted molar refractivity (Wildman–Crippen MR) is 105 cm³/mol. The van der Waals surface area contributed by atoms with Crippen molar-refractivity contribution in [3.63, 3.8) is 0 Å². The summed E-state index contributed by atoms with van der Waals surface area (Å²) in [5.41, 5.74) is 1.71. The summed E-state index contributed by atoms with van der Waals surface area (Å²) < 4.78 is 19.7. The van der Waals surface area contributed by atoms with E-state index in [1.807, 2.05) is 4.90 Å². The van der Waals surface area contributed by atoms with Gasteiger partial charge >= 0.3 is 0 Å². The molecule has 0 aliphatic carbocycles. The summed E-state index contributed by atoms with van der Waals surface area (Å²) in [6.07, 6.45) is 4.84. The molecule has 0 unspecified atom stereocenters. The SMILES string of the molecule is CNC(=O)c1ccnc(CC(=O)N2CCC3(CCc4cc(F)ccc4O3)CC2)c1. The Morgan fingerprint density at radius 1 is 1.21 bits per heavy atom. The van der Waals surface area contributed by atoms with Crippen molar-refractivity contribution in [1.82, 2.24) is 15.2 Å². The first-order chi connectivity index (χ1) is 14.0. The van der Waals surface area contributed by atoms with Crippen LogP contribution in [0.15, 0.2) is 36.5 Å². The highest BCUT2D eigenvalue weighted by Gasteiger charge is 2.40. The van der Waals surface area contributed by atoms with Crippen LogP contribution in [0.1, 0.15) is 40.9 Å². The molecule has 4 rings (SSSR count). The van der Waals surface area contributed by atoms with Crippen molar-refractivity contribution in [2.24, 2.45) is 0 Å². The van der Waals surface area contributed by atoms with E-state index < -0.39 is 0 Å². The summed E-state index contributed by atoms with van der Waals surface area (Å²) >= 11 is 0. The fraction of sp³-hybridized carbons (Fsp3) is 0.409. The van der Waals surface area contributed by atoms with E-state index in [4.69, 9.17) is 4.74 Å². The van der Waals surface area contributed by atoms with E-state index in [1.54, 1.807) is 37.5 Å². The highest BCUT2D eigenvalue weighted by atomic mass is 19.1. The summed E-state index contributed by atoms with van der Waals surface area (Å²) in [6.45, 7) is 1.23. The number of likely N-dealkylation sites (tertiary alicyclic amines) is 1. The Morgan fingerprint density at radius 3 is 2.76 bits per heavy atom. The molecule has 6 nitrogen and oxygen atoms in total. The molecule has 2 aromatic rings. The Balaban J connectivity index is 1.37. The average molecular weight is 397 g/mol. The smallest absolute Gasteiger partial charge is 0.251 e. The maximum absolute atomic E-state index is 13.4. The number of hydrogen-bond donors (Lipinski definition) is 1. The molecule has 1 aromatic heterocycles. The zero-order valence-electron chi connectivity index (χ0n) is 16.4. The summed E-state index contributed by atoms with van der Waals surface area (Å²) in [5.74, 6) is 0.320. The van der Waals surface area contributed by atoms with Gasteiger partial charge < -0.3 is 15.0 Å². The minimum atomic E-state index is -0.279. The molecule has 3 heterocycles. The van der Waals surface area contributed by atoms with Gasteiger partial charge in [-0.1, -0.05) is 0 Å². The number of rotatable bonds is 3. The van der Waals surface area contributed by atoms with E-state index in [1.165, 1.54) is 6.07 Å². The van der Waals surface area contributed by atoms with Crippen LogP contribution in [-0.4, -0.2) is 47.4 Å². The van der Waals surface area contributed by atoms with Gasteiger partial charge in [0.05, 0.1) is 12.1 Å². The minimum Gasteiger partial charge on any atom is -0.487 e. The quantitative estimate of drug-likeness (QED) is 0.864. The molecule has 29 heavy (non-hydrogen) atoms. The number of nitrogens with one attached hydrogen (secondary N) is 1. The largest absolute Gasteiger partial charge is 0.487 e. The Kier molecular flexibility index (Phi) is 5.22. The fourth-order valence-corrected chi connectivity index (χ4v) is 4.13. The average Bonchev–Trinajstić information content (AvgIpc) is 2.74. The number of benzene rings is 1. The molecule has 0 saturated carbocycles. The third-order valence-electron chi connectivity index (χ3n) is 5.86. The minimum absolute atomic E-state index is 0.000290. The van der Waals surface area contributed by atoms with Crippen LogP contribution in [-0.2, 0) is 17.6 Å². The van der Waals surface area contributed by atoms with Crippen molar-refractivity contribution < 1.29 is 18.7 Å². The van der Waals surface area contributed by atoms with Gasteiger partial charge in [-0.05, 0) is 48.7 Å². The van der Waals surface area contributed by atoms with Crippen LogP contribution < -0.4 is 10.1 Å². The van der Waals surface area contributed by atoms with Crippen LogP contribution in [0, 0.1) is 5.82 Å². The van der Waals surface area contributed by atoms with Crippen molar-refractivity contribution in [3.05, 3.63) is 59.2 Å². The van der Waals surface area contributed by atoms with Crippen molar-refractivity contribution in [2.75, 3.05) is 20.1 Å². The van der Waals surface area contributed by atoms with E-state index >= 15 is 0 Å². The number of nitrogens with zero attached hydrogens (tertiary/aromatic N) is 2. The number of hydrogen-bond acceptors (Lipinski definition) is 4. The molecule has 1 fully saturated rings. The predicted octanol–water partition coefficient (Wildman–Crippen LogP) is 2.51. The van der Waals surface area contributed by atoms with Gasteiger partial charge in [0.1, 0.15) is 17.2 Å². The number of aromatic nitrogens is 1. The van der Waals surface area contributed by atoms with Crippen molar-refractivity contribution in [1.29, 1.82) is 0 Å². The number of carbonyl (C=O) groups excluding carboxylic acids is 2. The van der Waals surface area contributed by atoms with Gasteiger partial charge in [-0.15, -0.1) is 0 Å². The second-order valence-corrected chi connectivity index (χ2v) is 7.71. The lowest BCUT2D eigenvalue weighted by Crippen LogP contribution is -2.51. The van der Waals surface area contributed by atoms with Crippen LogP contribution in [0.4, 0.5) is 4.39 Å². The number of carbonyl (C=O) groups is 2. The fourth-order valence-electron chi connectivity index (χ4n) is 4.13.